The topological polar surface area (TPSA) is 89.1 Å². The van der Waals surface area contributed by atoms with Gasteiger partial charge in [-0.05, 0) is 56.1 Å². The van der Waals surface area contributed by atoms with Gasteiger partial charge in [0.05, 0.1) is 36.8 Å². The minimum absolute atomic E-state index is 0. The summed E-state index contributed by atoms with van der Waals surface area (Å²) in [6.07, 6.45) is 3.63. The van der Waals surface area contributed by atoms with E-state index >= 15 is 4.39 Å². The lowest BCUT2D eigenvalue weighted by Crippen LogP contribution is -2.51. The number of ether oxygens (including phenoxy) is 3. The number of hydrogen-bond donors (Lipinski definition) is 2. The zero-order valence-electron chi connectivity index (χ0n) is 25.7. The van der Waals surface area contributed by atoms with Crippen LogP contribution in [0.4, 0.5) is 10.1 Å². The Balaban J connectivity index is 0.00000588. The SMILES string of the molecule is CCOC[C@@H](CC(C)C)NC(=O)[C@@H]1CNC[C@H](C(=O)N(c2cc(OCCCOC)c(C(C)C)cc2F)C2CC2)C1.Cl. The van der Waals surface area contributed by atoms with Gasteiger partial charge in [0.15, 0.2) is 0 Å². The molecule has 3 rings (SSSR count). The number of nitrogens with one attached hydrogen (secondary N) is 2. The van der Waals surface area contributed by atoms with Gasteiger partial charge in [-0.2, -0.15) is 0 Å². The standard InChI is InChI=1S/C31H50FN3O5.ClH/c1-7-39-19-24(13-20(2)3)34-30(36)22-14-23(18-33-17-22)31(37)35(25-9-10-25)28-16-29(40-12-8-11-38-6)26(21(4)5)15-27(28)32;/h15-16,20-25,33H,7-14,17-19H2,1-6H3,(H,34,36);1H/t22-,23+,24+;/m0./s1. The van der Waals surface area contributed by atoms with E-state index in [4.69, 9.17) is 14.2 Å². The fraction of sp³-hybridized carbons (Fsp3) is 0.742. The Bertz CT molecular complexity index is 975. The Morgan fingerprint density at radius 2 is 1.83 bits per heavy atom. The van der Waals surface area contributed by atoms with Gasteiger partial charge in [-0.1, -0.05) is 27.7 Å². The fourth-order valence-corrected chi connectivity index (χ4v) is 5.38. The van der Waals surface area contributed by atoms with Gasteiger partial charge in [0.2, 0.25) is 11.8 Å². The lowest BCUT2D eigenvalue weighted by Gasteiger charge is -2.34. The van der Waals surface area contributed by atoms with E-state index in [-0.39, 0.29) is 53.8 Å². The number of carbonyl (C=O) groups excluding carboxylic acids is 2. The second-order valence-corrected chi connectivity index (χ2v) is 11.9. The van der Waals surface area contributed by atoms with Crippen LogP contribution in [0.3, 0.4) is 0 Å². The van der Waals surface area contributed by atoms with Crippen LogP contribution in [0.2, 0.25) is 0 Å². The predicted octanol–water partition coefficient (Wildman–Crippen LogP) is 5.07. The van der Waals surface area contributed by atoms with Crippen LogP contribution in [0.5, 0.6) is 5.75 Å². The number of methoxy groups -OCH3 is 1. The molecule has 0 spiro atoms. The van der Waals surface area contributed by atoms with E-state index in [1.165, 1.54) is 6.07 Å². The molecule has 2 fully saturated rings. The van der Waals surface area contributed by atoms with E-state index in [0.717, 1.165) is 24.8 Å². The number of nitrogens with zero attached hydrogens (tertiary/aromatic N) is 1. The Labute approximate surface area is 251 Å². The van der Waals surface area contributed by atoms with Crippen LogP contribution in [0.15, 0.2) is 12.1 Å². The molecular formula is C31H51ClFN3O5. The number of rotatable bonds is 16. The van der Waals surface area contributed by atoms with Crippen molar-refractivity contribution in [3.8, 4) is 5.75 Å². The molecule has 0 radical (unpaired) electrons. The molecule has 1 aliphatic heterocycles. The monoisotopic (exact) mass is 599 g/mol. The molecule has 2 aliphatic rings. The molecule has 0 aromatic heterocycles. The van der Waals surface area contributed by atoms with E-state index in [9.17, 15) is 9.59 Å². The molecule has 10 heteroatoms. The number of amides is 2. The van der Waals surface area contributed by atoms with Crippen molar-refractivity contribution in [3.05, 3.63) is 23.5 Å². The van der Waals surface area contributed by atoms with Gasteiger partial charge < -0.3 is 29.7 Å². The third kappa shape index (κ3) is 10.4. The predicted molar refractivity (Wildman–Crippen MR) is 163 cm³/mol. The average Bonchev–Trinajstić information content (AvgIpc) is 3.76. The molecule has 2 N–H and O–H groups in total. The minimum Gasteiger partial charge on any atom is -0.493 e. The van der Waals surface area contributed by atoms with E-state index < -0.39 is 11.7 Å². The first-order chi connectivity index (χ1) is 19.2. The quantitative estimate of drug-likeness (QED) is 0.258. The zero-order chi connectivity index (χ0) is 29.2. The highest BCUT2D eigenvalue weighted by molar-refractivity contribution is 5.97. The second-order valence-electron chi connectivity index (χ2n) is 11.9. The summed E-state index contributed by atoms with van der Waals surface area (Å²) in [6.45, 7) is 13.2. The van der Waals surface area contributed by atoms with Crippen molar-refractivity contribution >= 4 is 29.9 Å². The number of halogens is 2. The van der Waals surface area contributed by atoms with E-state index in [2.05, 4.69) is 24.5 Å². The molecule has 1 heterocycles. The van der Waals surface area contributed by atoms with Gasteiger partial charge in [-0.15, -0.1) is 12.4 Å². The summed E-state index contributed by atoms with van der Waals surface area (Å²) in [5.74, 6) is -0.292. The molecule has 1 saturated carbocycles. The van der Waals surface area contributed by atoms with Gasteiger partial charge in [0.1, 0.15) is 11.6 Å². The maximum atomic E-state index is 15.6. The summed E-state index contributed by atoms with van der Waals surface area (Å²) in [4.78, 5) is 28.8. The first-order valence-corrected chi connectivity index (χ1v) is 15.0. The lowest BCUT2D eigenvalue weighted by molar-refractivity contribution is -0.129. The average molecular weight is 600 g/mol. The van der Waals surface area contributed by atoms with E-state index in [1.807, 2.05) is 20.8 Å². The van der Waals surface area contributed by atoms with Crippen molar-refractivity contribution in [1.82, 2.24) is 10.6 Å². The molecule has 41 heavy (non-hydrogen) atoms. The highest BCUT2D eigenvalue weighted by atomic mass is 35.5. The molecule has 1 aromatic carbocycles. The smallest absolute Gasteiger partial charge is 0.231 e. The number of benzene rings is 1. The molecule has 3 atom stereocenters. The van der Waals surface area contributed by atoms with Gasteiger partial charge in [0, 0.05) is 51.9 Å². The number of piperidine rings is 1. The van der Waals surface area contributed by atoms with Crippen molar-refractivity contribution in [3.63, 3.8) is 0 Å². The second kappa shape index (κ2) is 17.2. The lowest BCUT2D eigenvalue weighted by atomic mass is 9.88. The van der Waals surface area contributed by atoms with Crippen LogP contribution < -0.4 is 20.3 Å². The molecule has 0 unspecified atom stereocenters. The fourth-order valence-electron chi connectivity index (χ4n) is 5.38. The van der Waals surface area contributed by atoms with Gasteiger partial charge in [-0.25, -0.2) is 4.39 Å². The van der Waals surface area contributed by atoms with Crippen LogP contribution in [-0.4, -0.2) is 70.5 Å². The molecule has 2 amide bonds. The van der Waals surface area contributed by atoms with Crippen molar-refractivity contribution in [1.29, 1.82) is 0 Å². The van der Waals surface area contributed by atoms with Crippen molar-refractivity contribution < 1.29 is 28.2 Å². The third-order valence-corrected chi connectivity index (χ3v) is 7.56. The summed E-state index contributed by atoms with van der Waals surface area (Å²) >= 11 is 0. The molecule has 234 valence electrons. The minimum atomic E-state index is -0.421. The normalized spacial score (nSPS) is 19.5. The van der Waals surface area contributed by atoms with Crippen molar-refractivity contribution in [2.45, 2.75) is 84.7 Å². The summed E-state index contributed by atoms with van der Waals surface area (Å²) in [6, 6.07) is 3.10. The van der Waals surface area contributed by atoms with Gasteiger partial charge in [0.25, 0.3) is 0 Å². The molecular weight excluding hydrogens is 549 g/mol. The van der Waals surface area contributed by atoms with Crippen LogP contribution in [0.25, 0.3) is 0 Å². The molecule has 8 nitrogen and oxygen atoms in total. The van der Waals surface area contributed by atoms with Gasteiger partial charge in [-0.3, -0.25) is 9.59 Å². The highest BCUT2D eigenvalue weighted by Crippen LogP contribution is 2.40. The van der Waals surface area contributed by atoms with Crippen LogP contribution in [-0.2, 0) is 19.1 Å². The Morgan fingerprint density at radius 3 is 2.44 bits per heavy atom. The van der Waals surface area contributed by atoms with Crippen LogP contribution in [0.1, 0.15) is 78.2 Å². The third-order valence-electron chi connectivity index (χ3n) is 7.56. The van der Waals surface area contributed by atoms with Gasteiger partial charge >= 0.3 is 0 Å². The first-order valence-electron chi connectivity index (χ1n) is 15.0. The number of hydrogen-bond acceptors (Lipinski definition) is 6. The Morgan fingerprint density at radius 1 is 1.12 bits per heavy atom. The largest absolute Gasteiger partial charge is 0.493 e. The van der Waals surface area contributed by atoms with Crippen molar-refractivity contribution in [2.75, 3.05) is 51.5 Å². The maximum absolute atomic E-state index is 15.6. The maximum Gasteiger partial charge on any atom is 0.231 e. The number of carbonyl (C=O) groups is 2. The van der Waals surface area contributed by atoms with Crippen molar-refractivity contribution in [2.24, 2.45) is 17.8 Å². The van der Waals surface area contributed by atoms with E-state index in [0.29, 0.717) is 64.0 Å². The Kier molecular flexibility index (Phi) is 14.8. The van der Waals surface area contributed by atoms with E-state index in [1.54, 1.807) is 18.1 Å². The summed E-state index contributed by atoms with van der Waals surface area (Å²) < 4.78 is 32.4. The molecule has 1 saturated heterocycles. The first kappa shape index (κ1) is 35.3. The highest BCUT2D eigenvalue weighted by Gasteiger charge is 2.41. The Hall–Kier alpha value is -1.94. The summed E-state index contributed by atoms with van der Waals surface area (Å²) in [7, 11) is 1.65. The summed E-state index contributed by atoms with van der Waals surface area (Å²) in [5.41, 5.74) is 1.04. The van der Waals surface area contributed by atoms with Crippen LogP contribution >= 0.6 is 12.4 Å². The molecule has 1 aromatic rings. The van der Waals surface area contributed by atoms with Crippen LogP contribution in [0, 0.1) is 23.6 Å². The number of anilines is 1. The summed E-state index contributed by atoms with van der Waals surface area (Å²) in [5, 5.41) is 6.45. The molecule has 1 aliphatic carbocycles. The molecule has 0 bridgehead atoms. The zero-order valence-corrected chi connectivity index (χ0v) is 26.5.